The Bertz CT molecular complexity index is 341. The number of hydrogen-bond donors (Lipinski definition) is 2. The van der Waals surface area contributed by atoms with Crippen molar-refractivity contribution in [2.75, 3.05) is 28.2 Å². The molecule has 2 unspecified atom stereocenters. The van der Waals surface area contributed by atoms with Crippen molar-refractivity contribution in [3.8, 4) is 0 Å². The van der Waals surface area contributed by atoms with Gasteiger partial charge in [0.2, 0.25) is 8.32 Å². The van der Waals surface area contributed by atoms with Crippen molar-refractivity contribution in [2.24, 2.45) is 0 Å². The molecule has 2 atom stereocenters. The van der Waals surface area contributed by atoms with Crippen molar-refractivity contribution in [1.29, 1.82) is 0 Å². The van der Waals surface area contributed by atoms with Crippen LogP contribution in [-0.2, 0) is 16.5 Å². The fraction of sp³-hybridized carbons (Fsp3) is 0.667. The molecule has 0 fully saturated rings. The van der Waals surface area contributed by atoms with E-state index < -0.39 is 35.7 Å². The first-order valence-corrected chi connectivity index (χ1v) is 18.4. The van der Waals surface area contributed by atoms with Crippen molar-refractivity contribution >= 4 is 56.7 Å². The minimum absolute atomic E-state index is 0.434. The predicted molar refractivity (Wildman–Crippen MR) is 122 cm³/mol. The number of rotatable bonds is 8. The molecular formula is C12H40NO6Si6+. The SMILES string of the molecule is C=C[Si](C)(C=C)O[Si](C)(C)C.C[N+](C)(C)C.O[SiH](O[SiH3])O[SiH](O)O[SiH3]. The minimum Gasteiger partial charge on any atom is -0.450 e. The molecule has 0 aliphatic heterocycles. The standard InChI is InChI=1S/C8H18OSi2.C4H12N.H10O5Si4/c1-7-11(6,8-2)9-10(3,4)5;1-5(2,3)4;1-8(3-6)5-9(2)4-7/h7-8H,1-2H2,3-6H3;1-4H3;1-2,8-9H,6-7H3/q;+1;. The smallest absolute Gasteiger partial charge is 0.450 e. The largest absolute Gasteiger partial charge is 0.462 e. The first-order chi connectivity index (χ1) is 11.0. The quantitative estimate of drug-likeness (QED) is 0.327. The molecule has 0 aromatic rings. The highest BCUT2D eigenvalue weighted by Crippen LogP contribution is 2.15. The monoisotopic (exact) mass is 462 g/mol. The van der Waals surface area contributed by atoms with E-state index in [-0.39, 0.29) is 0 Å². The summed E-state index contributed by atoms with van der Waals surface area (Å²) in [4.78, 5) is 17.4. The number of quaternary nitrogens is 1. The van der Waals surface area contributed by atoms with Gasteiger partial charge in [0.05, 0.1) is 28.2 Å². The van der Waals surface area contributed by atoms with E-state index in [4.69, 9.17) is 13.7 Å². The molecule has 13 heteroatoms. The maximum Gasteiger partial charge on any atom is 0.462 e. The van der Waals surface area contributed by atoms with Crippen molar-refractivity contribution in [3.05, 3.63) is 24.6 Å². The summed E-state index contributed by atoms with van der Waals surface area (Å²) < 4.78 is 20.6. The van der Waals surface area contributed by atoms with Gasteiger partial charge in [-0.1, -0.05) is 11.4 Å². The van der Waals surface area contributed by atoms with E-state index in [2.05, 4.69) is 79.9 Å². The van der Waals surface area contributed by atoms with E-state index in [0.29, 0.717) is 21.0 Å². The van der Waals surface area contributed by atoms with Crippen molar-refractivity contribution < 1.29 is 30.5 Å². The Morgan fingerprint density at radius 3 is 1.28 bits per heavy atom. The molecule has 0 spiro atoms. The summed E-state index contributed by atoms with van der Waals surface area (Å²) >= 11 is 0. The van der Waals surface area contributed by atoms with E-state index in [1.165, 1.54) is 0 Å². The van der Waals surface area contributed by atoms with E-state index in [0.717, 1.165) is 4.48 Å². The molecule has 0 rings (SSSR count). The first kappa shape index (κ1) is 30.2. The lowest BCUT2D eigenvalue weighted by Crippen LogP contribution is -2.41. The van der Waals surface area contributed by atoms with Crippen LogP contribution < -0.4 is 0 Å². The Kier molecular flexibility index (Phi) is 17.6. The zero-order valence-electron chi connectivity index (χ0n) is 17.7. The van der Waals surface area contributed by atoms with Gasteiger partial charge in [0, 0.05) is 0 Å². The van der Waals surface area contributed by atoms with Gasteiger partial charge in [0.1, 0.15) is 21.0 Å². The molecule has 7 nitrogen and oxygen atoms in total. The van der Waals surface area contributed by atoms with Crippen molar-refractivity contribution in [2.45, 2.75) is 26.2 Å². The lowest BCUT2D eigenvalue weighted by Gasteiger charge is -2.29. The summed E-state index contributed by atoms with van der Waals surface area (Å²) in [5.74, 6) is 0. The van der Waals surface area contributed by atoms with E-state index in [1.807, 2.05) is 11.4 Å². The highest BCUT2D eigenvalue weighted by atomic mass is 28.4. The Hall–Kier alpha value is 0.501. The third-order valence-electron chi connectivity index (χ3n) is 1.97. The van der Waals surface area contributed by atoms with Gasteiger partial charge in [0.25, 0.3) is 0 Å². The molecule has 2 N–H and O–H groups in total. The normalized spacial score (nSPS) is 14.5. The Morgan fingerprint density at radius 2 is 1.16 bits per heavy atom. The molecule has 0 aromatic heterocycles. The van der Waals surface area contributed by atoms with Crippen LogP contribution in [0.4, 0.5) is 0 Å². The van der Waals surface area contributed by atoms with Crippen LogP contribution in [0.25, 0.3) is 0 Å². The second-order valence-electron chi connectivity index (χ2n) is 7.71. The Balaban J connectivity index is -0.000000311. The van der Waals surface area contributed by atoms with Crippen LogP contribution in [0, 0.1) is 0 Å². The third kappa shape index (κ3) is 29.5. The summed E-state index contributed by atoms with van der Waals surface area (Å²) in [5, 5.41) is 0. The van der Waals surface area contributed by atoms with Crippen LogP contribution >= 0.6 is 0 Å². The average molecular weight is 463 g/mol. The van der Waals surface area contributed by atoms with E-state index in [9.17, 15) is 0 Å². The average Bonchev–Trinajstić information content (AvgIpc) is 2.44. The predicted octanol–water partition coefficient (Wildman–Crippen LogP) is -1.80. The first-order valence-electron chi connectivity index (χ1n) is 7.87. The van der Waals surface area contributed by atoms with Crippen molar-refractivity contribution in [3.63, 3.8) is 0 Å². The fourth-order valence-corrected chi connectivity index (χ4v) is 10.8. The van der Waals surface area contributed by atoms with Crippen LogP contribution in [0.15, 0.2) is 24.6 Å². The molecule has 25 heavy (non-hydrogen) atoms. The van der Waals surface area contributed by atoms with Crippen LogP contribution in [0.3, 0.4) is 0 Å². The molecule has 0 saturated heterocycles. The molecule has 152 valence electrons. The van der Waals surface area contributed by atoms with Crippen molar-refractivity contribution in [1.82, 2.24) is 0 Å². The summed E-state index contributed by atoms with van der Waals surface area (Å²) in [6.07, 6.45) is 0. The molecule has 0 amide bonds. The van der Waals surface area contributed by atoms with Gasteiger partial charge in [0.15, 0.2) is 8.32 Å². The Morgan fingerprint density at radius 1 is 0.880 bits per heavy atom. The second-order valence-corrected chi connectivity index (χ2v) is 22.0. The lowest BCUT2D eigenvalue weighted by molar-refractivity contribution is -0.849. The molecule has 0 heterocycles. The van der Waals surface area contributed by atoms with Gasteiger partial charge in [-0.3, -0.25) is 0 Å². The van der Waals surface area contributed by atoms with Crippen LogP contribution in [0.5, 0.6) is 0 Å². The summed E-state index contributed by atoms with van der Waals surface area (Å²) in [7, 11) is 1.24. The Labute approximate surface area is 166 Å². The summed E-state index contributed by atoms with van der Waals surface area (Å²) in [6.45, 7) is 16.2. The number of nitrogens with zero attached hydrogens (tertiary/aromatic N) is 1. The highest BCUT2D eigenvalue weighted by molar-refractivity contribution is 6.90. The topological polar surface area (TPSA) is 77.4 Å². The maximum absolute atomic E-state index is 8.70. The minimum atomic E-state index is -2.49. The zero-order chi connectivity index (χ0) is 20.9. The molecule has 0 aromatic carbocycles. The molecule has 0 aliphatic rings. The van der Waals surface area contributed by atoms with Gasteiger partial charge < -0.3 is 30.5 Å². The zero-order valence-corrected chi connectivity index (χ0v) is 26.0. The van der Waals surface area contributed by atoms with E-state index in [1.54, 1.807) is 0 Å². The summed E-state index contributed by atoms with van der Waals surface area (Å²) in [6, 6.07) is 0. The van der Waals surface area contributed by atoms with E-state index >= 15 is 0 Å². The van der Waals surface area contributed by atoms with Crippen LogP contribution in [0.2, 0.25) is 26.2 Å². The summed E-state index contributed by atoms with van der Waals surface area (Å²) in [5.41, 5.74) is 3.86. The van der Waals surface area contributed by atoms with Crippen LogP contribution in [0.1, 0.15) is 0 Å². The molecular weight excluding hydrogens is 423 g/mol. The van der Waals surface area contributed by atoms with Crippen LogP contribution in [-0.4, -0.2) is 98.9 Å². The molecule has 0 aliphatic carbocycles. The number of hydrogen-bond acceptors (Lipinski definition) is 6. The molecule has 0 radical (unpaired) electrons. The highest BCUT2D eigenvalue weighted by Gasteiger charge is 2.28. The van der Waals surface area contributed by atoms with Gasteiger partial charge in [-0.2, -0.15) is 0 Å². The van der Waals surface area contributed by atoms with Gasteiger partial charge in [-0.15, -0.1) is 13.2 Å². The third-order valence-corrected chi connectivity index (χ3v) is 12.9. The lowest BCUT2D eigenvalue weighted by atomic mass is 10.8. The van der Waals surface area contributed by atoms with Gasteiger partial charge in [-0.25, -0.2) is 0 Å². The fourth-order valence-electron chi connectivity index (χ4n) is 1.04. The molecule has 0 saturated carbocycles. The molecule has 0 bridgehead atoms. The van der Waals surface area contributed by atoms with Gasteiger partial charge in [-0.05, 0) is 26.2 Å². The second kappa shape index (κ2) is 14.5. The maximum atomic E-state index is 8.70. The van der Waals surface area contributed by atoms with Gasteiger partial charge >= 0.3 is 19.1 Å².